The Bertz CT molecular complexity index is 310. The molecule has 0 atom stereocenters. The van der Waals surface area contributed by atoms with E-state index in [1.165, 1.54) is 0 Å². The van der Waals surface area contributed by atoms with E-state index in [1.807, 2.05) is 0 Å². The van der Waals surface area contributed by atoms with Gasteiger partial charge in [-0.15, -0.1) is 0 Å². The first-order valence-electron chi connectivity index (χ1n) is 5.14. The van der Waals surface area contributed by atoms with Crippen molar-refractivity contribution in [1.29, 1.82) is 0 Å². The largest absolute Gasteiger partial charge is 0.364 e. The molecule has 5 nitrogen and oxygen atoms in total. The van der Waals surface area contributed by atoms with E-state index in [0.29, 0.717) is 5.82 Å². The van der Waals surface area contributed by atoms with Crippen LogP contribution < -0.4 is 16.6 Å². The fraction of sp³-hybridized carbons (Fsp3) is 0.600. The lowest BCUT2D eigenvalue weighted by atomic mass is 9.99. The van der Waals surface area contributed by atoms with Crippen LogP contribution in [0.1, 0.15) is 33.6 Å². The summed E-state index contributed by atoms with van der Waals surface area (Å²) in [7, 11) is 0. The van der Waals surface area contributed by atoms with Crippen LogP contribution in [0, 0.1) is 0 Å². The molecule has 1 rings (SSSR count). The van der Waals surface area contributed by atoms with Crippen molar-refractivity contribution in [1.82, 2.24) is 9.97 Å². The zero-order valence-electron chi connectivity index (χ0n) is 9.54. The molecule has 4 N–H and O–H groups in total. The van der Waals surface area contributed by atoms with E-state index in [0.717, 1.165) is 18.7 Å². The summed E-state index contributed by atoms with van der Waals surface area (Å²) < 4.78 is 0. The first kappa shape index (κ1) is 11.7. The van der Waals surface area contributed by atoms with Gasteiger partial charge in [0.15, 0.2) is 5.82 Å². The van der Waals surface area contributed by atoms with E-state index >= 15 is 0 Å². The molecular weight excluding hydrogens is 190 g/mol. The maximum atomic E-state index is 5.26. The minimum atomic E-state index is 0.0245. The molecule has 0 aliphatic carbocycles. The summed E-state index contributed by atoms with van der Waals surface area (Å²) in [5.41, 5.74) is 2.50. The normalized spacial score (nSPS) is 11.2. The highest BCUT2D eigenvalue weighted by atomic mass is 15.3. The van der Waals surface area contributed by atoms with Crippen molar-refractivity contribution in [2.24, 2.45) is 5.84 Å². The third-order valence-electron chi connectivity index (χ3n) is 2.12. The van der Waals surface area contributed by atoms with Crippen LogP contribution in [0.15, 0.2) is 12.4 Å². The molecule has 5 heteroatoms. The zero-order valence-corrected chi connectivity index (χ0v) is 9.54. The number of nitrogens with zero attached hydrogens (tertiary/aromatic N) is 2. The number of nitrogens with one attached hydrogen (secondary N) is 2. The molecule has 0 spiro atoms. The number of anilines is 2. The number of rotatable bonds is 5. The highest BCUT2D eigenvalue weighted by molar-refractivity contribution is 5.42. The van der Waals surface area contributed by atoms with Crippen LogP contribution in [0.3, 0.4) is 0 Å². The molecule has 0 bridgehead atoms. The van der Waals surface area contributed by atoms with Gasteiger partial charge in [-0.05, 0) is 20.3 Å². The Balaban J connectivity index is 2.71. The number of hydrogen-bond donors (Lipinski definition) is 3. The summed E-state index contributed by atoms with van der Waals surface area (Å²) in [6.45, 7) is 6.44. The van der Waals surface area contributed by atoms with Gasteiger partial charge in [0.05, 0.1) is 12.4 Å². The van der Waals surface area contributed by atoms with Crippen molar-refractivity contribution in [3.05, 3.63) is 12.4 Å². The van der Waals surface area contributed by atoms with E-state index in [9.17, 15) is 0 Å². The number of nitrogen functional groups attached to an aromatic ring is 1. The second-order valence-electron chi connectivity index (χ2n) is 4.19. The Hall–Kier alpha value is -1.36. The molecular formula is C10H19N5. The second-order valence-corrected chi connectivity index (χ2v) is 4.19. The molecule has 0 aromatic carbocycles. The molecule has 1 aromatic heterocycles. The number of hydrazine groups is 1. The summed E-state index contributed by atoms with van der Waals surface area (Å²) >= 11 is 0. The standard InChI is InChI=1S/C10H19N5/c1-4-5-10(2,3)14-8-6-12-7-9(13-8)15-11/h6-7H,4-5,11H2,1-3H3,(H2,13,14,15). The highest BCUT2D eigenvalue weighted by Crippen LogP contribution is 2.17. The van der Waals surface area contributed by atoms with Crippen LogP contribution in [0.5, 0.6) is 0 Å². The number of nitrogens with two attached hydrogens (primary N) is 1. The van der Waals surface area contributed by atoms with Gasteiger partial charge in [-0.1, -0.05) is 13.3 Å². The molecule has 84 valence electrons. The van der Waals surface area contributed by atoms with Crippen molar-refractivity contribution in [2.75, 3.05) is 10.7 Å². The van der Waals surface area contributed by atoms with Crippen molar-refractivity contribution in [2.45, 2.75) is 39.2 Å². The van der Waals surface area contributed by atoms with Crippen LogP contribution in [0.25, 0.3) is 0 Å². The van der Waals surface area contributed by atoms with Crippen LogP contribution in [0.2, 0.25) is 0 Å². The van der Waals surface area contributed by atoms with Gasteiger partial charge in [-0.2, -0.15) is 0 Å². The van der Waals surface area contributed by atoms with Crippen molar-refractivity contribution in [3.8, 4) is 0 Å². The maximum absolute atomic E-state index is 5.26. The predicted octanol–water partition coefficient (Wildman–Crippen LogP) is 1.75. The second kappa shape index (κ2) is 4.93. The molecule has 1 heterocycles. The average Bonchev–Trinajstić information content (AvgIpc) is 2.17. The van der Waals surface area contributed by atoms with Gasteiger partial charge in [-0.3, -0.25) is 4.98 Å². The van der Waals surface area contributed by atoms with Gasteiger partial charge in [0.25, 0.3) is 0 Å². The van der Waals surface area contributed by atoms with E-state index in [1.54, 1.807) is 12.4 Å². The topological polar surface area (TPSA) is 75.9 Å². The summed E-state index contributed by atoms with van der Waals surface area (Å²) in [4.78, 5) is 8.28. The summed E-state index contributed by atoms with van der Waals surface area (Å²) in [5, 5.41) is 3.32. The minimum absolute atomic E-state index is 0.0245. The van der Waals surface area contributed by atoms with E-state index < -0.39 is 0 Å². The lowest BCUT2D eigenvalue weighted by molar-refractivity contribution is 0.509. The van der Waals surface area contributed by atoms with Crippen molar-refractivity contribution >= 4 is 11.6 Å². The Labute approximate surface area is 90.5 Å². The lowest BCUT2D eigenvalue weighted by Crippen LogP contribution is -2.31. The average molecular weight is 209 g/mol. The molecule has 0 fully saturated rings. The van der Waals surface area contributed by atoms with Crippen molar-refractivity contribution in [3.63, 3.8) is 0 Å². The van der Waals surface area contributed by atoms with E-state index in [2.05, 4.69) is 41.5 Å². The van der Waals surface area contributed by atoms with Crippen LogP contribution in [-0.4, -0.2) is 15.5 Å². The van der Waals surface area contributed by atoms with Gasteiger partial charge in [0, 0.05) is 5.54 Å². The molecule has 0 aliphatic heterocycles. The molecule has 0 aliphatic rings. The highest BCUT2D eigenvalue weighted by Gasteiger charge is 2.16. The van der Waals surface area contributed by atoms with Gasteiger partial charge < -0.3 is 10.7 Å². The van der Waals surface area contributed by atoms with E-state index in [4.69, 9.17) is 5.84 Å². The fourth-order valence-electron chi connectivity index (χ4n) is 1.53. The first-order chi connectivity index (χ1) is 7.07. The van der Waals surface area contributed by atoms with Gasteiger partial charge in [0.1, 0.15) is 5.82 Å². The van der Waals surface area contributed by atoms with Crippen LogP contribution >= 0.6 is 0 Å². The van der Waals surface area contributed by atoms with Gasteiger partial charge in [0.2, 0.25) is 0 Å². The Morgan fingerprint density at radius 1 is 1.33 bits per heavy atom. The van der Waals surface area contributed by atoms with Gasteiger partial charge >= 0.3 is 0 Å². The molecule has 1 aromatic rings. The van der Waals surface area contributed by atoms with E-state index in [-0.39, 0.29) is 5.54 Å². The SMILES string of the molecule is CCCC(C)(C)Nc1cncc(NN)n1. The van der Waals surface area contributed by atoms with Crippen LogP contribution in [0.4, 0.5) is 11.6 Å². The Morgan fingerprint density at radius 2 is 2.00 bits per heavy atom. The summed E-state index contributed by atoms with van der Waals surface area (Å²) in [6.07, 6.45) is 5.48. The minimum Gasteiger partial charge on any atom is -0.364 e. The van der Waals surface area contributed by atoms with Crippen molar-refractivity contribution < 1.29 is 0 Å². The number of hydrogen-bond acceptors (Lipinski definition) is 5. The molecule has 0 radical (unpaired) electrons. The molecule has 0 saturated heterocycles. The monoisotopic (exact) mass is 209 g/mol. The Kier molecular flexibility index (Phi) is 3.85. The smallest absolute Gasteiger partial charge is 0.160 e. The van der Waals surface area contributed by atoms with Crippen LogP contribution in [-0.2, 0) is 0 Å². The molecule has 0 unspecified atom stereocenters. The number of aromatic nitrogens is 2. The molecule has 0 amide bonds. The molecule has 0 saturated carbocycles. The quantitative estimate of drug-likeness (QED) is 0.509. The Morgan fingerprint density at radius 3 is 2.60 bits per heavy atom. The molecule has 15 heavy (non-hydrogen) atoms. The predicted molar refractivity (Wildman–Crippen MR) is 62.5 cm³/mol. The zero-order chi connectivity index (χ0) is 11.3. The van der Waals surface area contributed by atoms with Gasteiger partial charge in [-0.25, -0.2) is 10.8 Å². The third kappa shape index (κ3) is 3.71. The summed E-state index contributed by atoms with van der Waals surface area (Å²) in [6, 6.07) is 0. The fourth-order valence-corrected chi connectivity index (χ4v) is 1.53. The maximum Gasteiger partial charge on any atom is 0.160 e. The first-order valence-corrected chi connectivity index (χ1v) is 5.14. The summed E-state index contributed by atoms with van der Waals surface area (Å²) in [5.74, 6) is 6.56. The lowest BCUT2D eigenvalue weighted by Gasteiger charge is -2.26. The third-order valence-corrected chi connectivity index (χ3v) is 2.12.